The Kier molecular flexibility index (Phi) is 8.93. The van der Waals surface area contributed by atoms with Crippen LogP contribution in [0.3, 0.4) is 0 Å². The molecule has 6 nitrogen and oxygen atoms in total. The van der Waals surface area contributed by atoms with Gasteiger partial charge in [0, 0.05) is 50.0 Å². The molecule has 146 valence electrons. The van der Waals surface area contributed by atoms with Gasteiger partial charge in [-0.25, -0.2) is 15.0 Å². The van der Waals surface area contributed by atoms with Gasteiger partial charge < -0.3 is 10.6 Å². The molecule has 1 aliphatic heterocycles. The number of thiazole rings is 1. The first-order valence-corrected chi connectivity index (χ1v) is 10.5. The highest BCUT2D eigenvalue weighted by Crippen LogP contribution is 2.20. The van der Waals surface area contributed by atoms with Crippen LogP contribution < -0.4 is 10.6 Å². The second-order valence-corrected chi connectivity index (χ2v) is 7.06. The average molecular weight is 405 g/mol. The summed E-state index contributed by atoms with van der Waals surface area (Å²) in [6.45, 7) is 8.90. The molecule has 0 spiro atoms. The van der Waals surface area contributed by atoms with Gasteiger partial charge in [0.2, 0.25) is 5.95 Å². The zero-order chi connectivity index (χ0) is 19.6. The molecule has 1 fully saturated rings. The van der Waals surface area contributed by atoms with Crippen molar-refractivity contribution in [3.8, 4) is 0 Å². The number of fused-ring (bicyclic) bond motifs is 1. The van der Waals surface area contributed by atoms with E-state index in [1.807, 2.05) is 19.4 Å². The maximum atomic E-state index is 4.50. The van der Waals surface area contributed by atoms with E-state index in [2.05, 4.69) is 61.3 Å². The summed E-state index contributed by atoms with van der Waals surface area (Å²) >= 11 is 5.92. The molecule has 1 aromatic carbocycles. The molecule has 2 aromatic heterocycles. The van der Waals surface area contributed by atoms with E-state index < -0.39 is 0 Å². The number of rotatable bonds is 3. The predicted octanol–water partition coefficient (Wildman–Crippen LogP) is 3.30. The summed E-state index contributed by atoms with van der Waals surface area (Å²) in [5.41, 5.74) is 8.84. The van der Waals surface area contributed by atoms with Crippen molar-refractivity contribution < 1.29 is 0 Å². The van der Waals surface area contributed by atoms with Crippen molar-refractivity contribution in [1.82, 2.24) is 19.9 Å². The zero-order valence-corrected chi connectivity index (χ0v) is 17.9. The van der Waals surface area contributed by atoms with Crippen molar-refractivity contribution in [3.05, 3.63) is 41.7 Å². The smallest absolute Gasteiger partial charge is 0.225 e. The minimum Gasteiger partial charge on any atom is -0.338 e. The molecular weight excluding hydrogens is 376 g/mol. The highest BCUT2D eigenvalue weighted by molar-refractivity contribution is 7.80. The van der Waals surface area contributed by atoms with Gasteiger partial charge in [0.05, 0.1) is 15.7 Å². The first kappa shape index (κ1) is 21.6. The Labute approximate surface area is 170 Å². The molecule has 2 N–H and O–H groups in total. The van der Waals surface area contributed by atoms with Gasteiger partial charge in [0.15, 0.2) is 0 Å². The van der Waals surface area contributed by atoms with Crippen LogP contribution in [0.5, 0.6) is 0 Å². The van der Waals surface area contributed by atoms with Crippen LogP contribution in [0.25, 0.3) is 10.2 Å². The summed E-state index contributed by atoms with van der Waals surface area (Å²) in [6.07, 6.45) is 3.50. The number of nitrogens with two attached hydrogens (primary N) is 1. The molecule has 0 atom stereocenters. The third-order valence-electron chi connectivity index (χ3n) is 4.08. The molecule has 1 aliphatic rings. The Morgan fingerprint density at radius 3 is 2.37 bits per heavy atom. The Morgan fingerprint density at radius 1 is 1.04 bits per heavy atom. The van der Waals surface area contributed by atoms with Crippen molar-refractivity contribution in [2.75, 3.05) is 38.1 Å². The molecular formula is C19H28N6S2. The number of hydrogen-bond acceptors (Lipinski definition) is 8. The van der Waals surface area contributed by atoms with Gasteiger partial charge >= 0.3 is 0 Å². The molecule has 0 amide bonds. The zero-order valence-electron chi connectivity index (χ0n) is 16.2. The lowest BCUT2D eigenvalue weighted by atomic mass is 10.2. The molecule has 1 saturated heterocycles. The predicted molar refractivity (Wildman–Crippen MR) is 118 cm³/mol. The lowest BCUT2D eigenvalue weighted by Crippen LogP contribution is -2.46. The molecule has 3 aromatic rings. The fourth-order valence-corrected chi connectivity index (χ4v) is 3.62. The Hall–Kier alpha value is -1.74. The highest BCUT2D eigenvalue weighted by Gasteiger charge is 2.19. The molecule has 0 radical (unpaired) electrons. The Morgan fingerprint density at radius 2 is 1.70 bits per heavy atom. The van der Waals surface area contributed by atoms with Crippen molar-refractivity contribution in [1.29, 1.82) is 0 Å². The van der Waals surface area contributed by atoms with Crippen molar-refractivity contribution in [2.24, 2.45) is 5.73 Å². The molecule has 0 unspecified atom stereocenters. The number of aromatic nitrogens is 3. The molecule has 0 saturated carbocycles. The van der Waals surface area contributed by atoms with E-state index in [1.165, 1.54) is 17.3 Å². The van der Waals surface area contributed by atoms with Gasteiger partial charge in [-0.3, -0.25) is 4.90 Å². The molecule has 0 aliphatic carbocycles. The molecule has 27 heavy (non-hydrogen) atoms. The van der Waals surface area contributed by atoms with Crippen LogP contribution in [0.15, 0.2) is 41.0 Å². The molecule has 0 bridgehead atoms. The maximum absolute atomic E-state index is 4.50. The first-order chi connectivity index (χ1) is 13.3. The maximum Gasteiger partial charge on any atom is 0.225 e. The number of hydrogen-bond donors (Lipinski definition) is 2. The summed E-state index contributed by atoms with van der Waals surface area (Å²) in [7, 11) is 1.50. The van der Waals surface area contributed by atoms with Gasteiger partial charge in [-0.1, -0.05) is 19.9 Å². The third kappa shape index (κ3) is 5.87. The van der Waals surface area contributed by atoms with Crippen molar-refractivity contribution in [2.45, 2.75) is 25.3 Å². The van der Waals surface area contributed by atoms with Crippen LogP contribution in [0.4, 0.5) is 5.95 Å². The van der Waals surface area contributed by atoms with Gasteiger partial charge in [0.25, 0.3) is 0 Å². The van der Waals surface area contributed by atoms with Crippen LogP contribution in [0.1, 0.15) is 19.4 Å². The quantitative estimate of drug-likeness (QED) is 0.653. The lowest BCUT2D eigenvalue weighted by molar-refractivity contribution is 0.249. The number of piperazine rings is 1. The van der Waals surface area contributed by atoms with Gasteiger partial charge in [0.1, 0.15) is 0 Å². The largest absolute Gasteiger partial charge is 0.338 e. The van der Waals surface area contributed by atoms with Crippen molar-refractivity contribution >= 4 is 40.1 Å². The van der Waals surface area contributed by atoms with Gasteiger partial charge in [-0.2, -0.15) is 0 Å². The van der Waals surface area contributed by atoms with Gasteiger partial charge in [-0.05, 0) is 24.7 Å². The summed E-state index contributed by atoms with van der Waals surface area (Å²) in [5, 5.41) is 0. The third-order valence-corrected chi connectivity index (χ3v) is 5.12. The van der Waals surface area contributed by atoms with E-state index in [9.17, 15) is 0 Å². The van der Waals surface area contributed by atoms with Crippen LogP contribution in [-0.4, -0.2) is 53.1 Å². The average Bonchev–Trinajstić information content (AvgIpc) is 3.20. The summed E-state index contributed by atoms with van der Waals surface area (Å²) < 4.78 is 1.25. The SMILES string of the molecule is CC.CN.Sc1cnc(N2CCN(Cc3ccc4scnc4c3)CC2)nc1. The van der Waals surface area contributed by atoms with Crippen LogP contribution >= 0.6 is 24.0 Å². The van der Waals surface area contributed by atoms with Gasteiger partial charge in [-0.15, -0.1) is 24.0 Å². The number of benzene rings is 1. The summed E-state index contributed by atoms with van der Waals surface area (Å²) in [4.78, 5) is 18.6. The van der Waals surface area contributed by atoms with E-state index >= 15 is 0 Å². The fraction of sp³-hybridized carbons (Fsp3) is 0.421. The van der Waals surface area contributed by atoms with E-state index in [0.717, 1.165) is 49.1 Å². The van der Waals surface area contributed by atoms with Crippen LogP contribution in [0.2, 0.25) is 0 Å². The molecule has 3 heterocycles. The second-order valence-electron chi connectivity index (χ2n) is 5.66. The Balaban J connectivity index is 0.000000614. The molecule has 4 rings (SSSR count). The van der Waals surface area contributed by atoms with Crippen LogP contribution in [0, 0.1) is 0 Å². The van der Waals surface area contributed by atoms with E-state index in [-0.39, 0.29) is 0 Å². The monoisotopic (exact) mass is 404 g/mol. The first-order valence-electron chi connectivity index (χ1n) is 9.16. The number of thiol groups is 1. The second kappa shape index (κ2) is 11.2. The minimum atomic E-state index is 0.796. The van der Waals surface area contributed by atoms with Crippen molar-refractivity contribution in [3.63, 3.8) is 0 Å². The van der Waals surface area contributed by atoms with Crippen LogP contribution in [-0.2, 0) is 6.54 Å². The topological polar surface area (TPSA) is 71.2 Å². The Bertz CT molecular complexity index is 797. The van der Waals surface area contributed by atoms with E-state index in [4.69, 9.17) is 0 Å². The summed E-state index contributed by atoms with van der Waals surface area (Å²) in [5.74, 6) is 0.798. The summed E-state index contributed by atoms with van der Waals surface area (Å²) in [6, 6.07) is 6.58. The normalized spacial score (nSPS) is 14.2. The number of anilines is 1. The van der Waals surface area contributed by atoms with E-state index in [0.29, 0.717) is 0 Å². The number of nitrogens with zero attached hydrogens (tertiary/aromatic N) is 5. The minimum absolute atomic E-state index is 0.796. The molecule has 8 heteroatoms. The highest BCUT2D eigenvalue weighted by atomic mass is 32.1. The fourth-order valence-electron chi connectivity index (χ4n) is 2.84. The van der Waals surface area contributed by atoms with E-state index in [1.54, 1.807) is 23.7 Å². The standard InChI is InChI=1S/C16H17N5S2.C2H6.CH5N/c22-13-8-17-16(18-9-13)21-5-3-20(4-6-21)10-12-1-2-15-14(7-12)19-11-23-15;2*1-2/h1-2,7-9,11,22H,3-6,10H2;1-2H3;2H2,1H3. The lowest BCUT2D eigenvalue weighted by Gasteiger charge is -2.34.